The number of hydrogen-bond acceptors (Lipinski definition) is 5. The maximum Gasteiger partial charge on any atom is 0.348 e. The van der Waals surface area contributed by atoms with Crippen molar-refractivity contribution in [1.82, 2.24) is 4.90 Å². The predicted molar refractivity (Wildman–Crippen MR) is 132 cm³/mol. The Morgan fingerprint density at radius 2 is 1.91 bits per heavy atom. The minimum absolute atomic E-state index is 0.116. The van der Waals surface area contributed by atoms with Crippen molar-refractivity contribution in [3.05, 3.63) is 69.9 Å². The summed E-state index contributed by atoms with van der Waals surface area (Å²) in [4.78, 5) is 39.0. The number of carbonyl (C=O) groups is 3. The molecule has 35 heavy (non-hydrogen) atoms. The molecule has 2 aromatic rings. The summed E-state index contributed by atoms with van der Waals surface area (Å²) in [5, 5.41) is 0. The summed E-state index contributed by atoms with van der Waals surface area (Å²) in [7, 11) is 1.31. The first-order chi connectivity index (χ1) is 16.7. The van der Waals surface area contributed by atoms with E-state index in [9.17, 15) is 23.2 Å². The first-order valence-electron chi connectivity index (χ1n) is 11.8. The van der Waals surface area contributed by atoms with Crippen LogP contribution in [0.2, 0.25) is 0 Å². The van der Waals surface area contributed by atoms with Gasteiger partial charge in [-0.15, -0.1) is 11.3 Å². The molecule has 1 aliphatic rings. The zero-order valence-electron chi connectivity index (χ0n) is 20.0. The Kier molecular flexibility index (Phi) is 9.32. The number of rotatable bonds is 12. The van der Waals surface area contributed by atoms with Crippen LogP contribution in [0.25, 0.3) is 0 Å². The molecule has 188 valence electrons. The quantitative estimate of drug-likeness (QED) is 0.284. The second kappa shape index (κ2) is 12.2. The van der Waals surface area contributed by atoms with Crippen LogP contribution in [0.3, 0.4) is 0 Å². The van der Waals surface area contributed by atoms with Crippen LogP contribution in [0.1, 0.15) is 52.7 Å². The number of esters is 1. The molecule has 2 atom stereocenters. The normalized spacial score (nSPS) is 18.2. The zero-order valence-corrected chi connectivity index (χ0v) is 20.9. The molecular weight excluding hydrogens is 472 g/mol. The highest BCUT2D eigenvalue weighted by Crippen LogP contribution is 2.34. The van der Waals surface area contributed by atoms with Crippen LogP contribution < -0.4 is 0 Å². The van der Waals surface area contributed by atoms with Gasteiger partial charge in [0.15, 0.2) is 5.78 Å². The van der Waals surface area contributed by atoms with Gasteiger partial charge in [0.1, 0.15) is 4.88 Å². The van der Waals surface area contributed by atoms with Crippen molar-refractivity contribution in [1.29, 1.82) is 0 Å². The number of hydrogen-bond donors (Lipinski definition) is 0. The molecule has 0 bridgehead atoms. The Morgan fingerprint density at radius 3 is 2.63 bits per heavy atom. The molecule has 1 aliphatic heterocycles. The molecule has 1 aromatic carbocycles. The molecule has 8 heteroatoms. The molecule has 3 rings (SSSR count). The zero-order chi connectivity index (χ0) is 25.4. The topological polar surface area (TPSA) is 63.7 Å². The van der Waals surface area contributed by atoms with Crippen LogP contribution in [-0.4, -0.2) is 48.2 Å². The first kappa shape index (κ1) is 26.7. The van der Waals surface area contributed by atoms with Crippen LogP contribution in [0.5, 0.6) is 0 Å². The van der Waals surface area contributed by atoms with E-state index in [2.05, 4.69) is 12.1 Å². The lowest BCUT2D eigenvalue weighted by Gasteiger charge is -2.21. The maximum absolute atomic E-state index is 14.2. The van der Waals surface area contributed by atoms with Gasteiger partial charge in [-0.1, -0.05) is 43.3 Å². The Bertz CT molecular complexity index is 1050. The monoisotopic (exact) mass is 503 g/mol. The Morgan fingerprint density at radius 1 is 1.17 bits per heavy atom. The minimum atomic E-state index is -3.43. The predicted octanol–water partition coefficient (Wildman–Crippen LogP) is 5.49. The number of alkyl halides is 2. The number of methoxy groups -OCH3 is 1. The number of thiophene rings is 1. The third kappa shape index (κ3) is 7.31. The lowest BCUT2D eigenvalue weighted by atomic mass is 9.96. The standard InChI is InChI=1S/C27H31F2NO4S/c1-19(8-6-11-20-9-4-3-5-10-20)23(31)15-13-21-18-27(28,29)26(33)30(21)17-7-12-22-14-16-24(35-22)25(32)34-2/h3-5,9-10,13-16,19,21H,6-8,11-12,17-18H2,1-2H3/b15-13+. The molecule has 2 unspecified atom stereocenters. The van der Waals surface area contributed by atoms with Gasteiger partial charge in [-0.05, 0) is 55.9 Å². The van der Waals surface area contributed by atoms with Crippen molar-refractivity contribution in [3.8, 4) is 0 Å². The molecule has 0 N–H and O–H groups in total. The summed E-state index contributed by atoms with van der Waals surface area (Å²) in [6.07, 6.45) is 5.65. The Balaban J connectivity index is 1.52. The summed E-state index contributed by atoms with van der Waals surface area (Å²) < 4.78 is 33.0. The largest absolute Gasteiger partial charge is 0.465 e. The number of halogens is 2. The highest BCUT2D eigenvalue weighted by molar-refractivity contribution is 7.13. The Labute approximate surface area is 208 Å². The minimum Gasteiger partial charge on any atom is -0.465 e. The lowest BCUT2D eigenvalue weighted by molar-refractivity contribution is -0.148. The molecule has 0 saturated carbocycles. The van der Waals surface area contributed by atoms with Crippen molar-refractivity contribution in [2.24, 2.45) is 5.92 Å². The second-order valence-corrected chi connectivity index (χ2v) is 10.0. The van der Waals surface area contributed by atoms with Crippen LogP contribution in [0, 0.1) is 5.92 Å². The molecule has 5 nitrogen and oxygen atoms in total. The number of ketones is 1. The van der Waals surface area contributed by atoms with Gasteiger partial charge in [0, 0.05) is 23.8 Å². The highest BCUT2D eigenvalue weighted by atomic mass is 32.1. The fourth-order valence-electron chi connectivity index (χ4n) is 4.18. The fraction of sp³-hybridized carbons (Fsp3) is 0.444. The number of aryl methyl sites for hydroxylation is 2. The van der Waals surface area contributed by atoms with Crippen molar-refractivity contribution >= 4 is 29.0 Å². The van der Waals surface area contributed by atoms with E-state index in [1.54, 1.807) is 12.1 Å². The molecular formula is C27H31F2NO4S. The van der Waals surface area contributed by atoms with Gasteiger partial charge in [0.25, 0.3) is 5.91 Å². The van der Waals surface area contributed by atoms with Crippen LogP contribution >= 0.6 is 11.3 Å². The van der Waals surface area contributed by atoms with Crippen LogP contribution in [0.4, 0.5) is 8.78 Å². The molecule has 2 heterocycles. The summed E-state index contributed by atoms with van der Waals surface area (Å²) in [5.74, 6) is -5.38. The lowest BCUT2D eigenvalue weighted by Crippen LogP contribution is -2.36. The second-order valence-electron chi connectivity index (χ2n) is 8.88. The third-order valence-corrected chi connectivity index (χ3v) is 7.35. The SMILES string of the molecule is COC(=O)c1ccc(CCCN2C(=O)C(F)(F)CC2/C=C/C(=O)C(C)CCCc2ccccc2)s1. The average Bonchev–Trinajstić information content (AvgIpc) is 3.40. The summed E-state index contributed by atoms with van der Waals surface area (Å²) in [6, 6.07) is 12.7. The number of allylic oxidation sites excluding steroid dienone is 1. The van der Waals surface area contributed by atoms with E-state index in [1.807, 2.05) is 25.1 Å². The van der Waals surface area contributed by atoms with E-state index in [0.717, 1.165) is 17.7 Å². The first-order valence-corrected chi connectivity index (χ1v) is 12.6. The number of likely N-dealkylation sites (tertiary alicyclic amines) is 1. The van der Waals surface area contributed by atoms with E-state index < -0.39 is 30.3 Å². The Hall–Kier alpha value is -2.87. The summed E-state index contributed by atoms with van der Waals surface area (Å²) in [6.45, 7) is 1.99. The fourth-order valence-corrected chi connectivity index (χ4v) is 5.14. The molecule has 0 aliphatic carbocycles. The van der Waals surface area contributed by atoms with Crippen LogP contribution in [0.15, 0.2) is 54.6 Å². The van der Waals surface area contributed by atoms with E-state index in [1.165, 1.54) is 41.1 Å². The van der Waals surface area contributed by atoms with Gasteiger partial charge in [-0.2, -0.15) is 8.78 Å². The number of benzene rings is 1. The van der Waals surface area contributed by atoms with Crippen molar-refractivity contribution in [2.45, 2.75) is 57.4 Å². The molecule has 1 saturated heterocycles. The molecule has 0 radical (unpaired) electrons. The van der Waals surface area contributed by atoms with Gasteiger partial charge in [-0.3, -0.25) is 9.59 Å². The third-order valence-electron chi connectivity index (χ3n) is 6.22. The van der Waals surface area contributed by atoms with E-state index in [0.29, 0.717) is 24.1 Å². The molecule has 1 aromatic heterocycles. The van der Waals surface area contributed by atoms with Gasteiger partial charge in [-0.25, -0.2) is 4.79 Å². The van der Waals surface area contributed by atoms with Crippen LogP contribution in [-0.2, 0) is 27.2 Å². The van der Waals surface area contributed by atoms with E-state index in [4.69, 9.17) is 4.74 Å². The van der Waals surface area contributed by atoms with Crippen molar-refractivity contribution in [2.75, 3.05) is 13.7 Å². The van der Waals surface area contributed by atoms with Crippen molar-refractivity contribution < 1.29 is 27.9 Å². The summed E-state index contributed by atoms with van der Waals surface area (Å²) >= 11 is 1.29. The van der Waals surface area contributed by atoms with Gasteiger partial charge < -0.3 is 9.64 Å². The van der Waals surface area contributed by atoms with E-state index >= 15 is 0 Å². The molecule has 0 spiro atoms. The molecule has 1 amide bonds. The van der Waals surface area contributed by atoms with Gasteiger partial charge in [0.05, 0.1) is 13.2 Å². The smallest absolute Gasteiger partial charge is 0.348 e. The van der Waals surface area contributed by atoms with Gasteiger partial charge >= 0.3 is 11.9 Å². The van der Waals surface area contributed by atoms with Gasteiger partial charge in [0.2, 0.25) is 0 Å². The average molecular weight is 504 g/mol. The molecule has 1 fully saturated rings. The maximum atomic E-state index is 14.2. The number of ether oxygens (including phenoxy) is 1. The highest BCUT2D eigenvalue weighted by Gasteiger charge is 2.52. The number of carbonyl (C=O) groups excluding carboxylic acids is 3. The number of amides is 1. The number of nitrogens with zero attached hydrogens (tertiary/aromatic N) is 1. The van der Waals surface area contributed by atoms with E-state index in [-0.39, 0.29) is 18.2 Å². The van der Waals surface area contributed by atoms with Crippen molar-refractivity contribution in [3.63, 3.8) is 0 Å². The summed E-state index contributed by atoms with van der Waals surface area (Å²) in [5.41, 5.74) is 1.22.